The summed E-state index contributed by atoms with van der Waals surface area (Å²) < 4.78 is 11.7. The van der Waals surface area contributed by atoms with E-state index in [-0.39, 0.29) is 5.60 Å². The fourth-order valence-corrected chi connectivity index (χ4v) is 3.24. The van der Waals surface area contributed by atoms with E-state index in [2.05, 4.69) is 12.1 Å². The fourth-order valence-electron chi connectivity index (χ4n) is 3.24. The van der Waals surface area contributed by atoms with Crippen LogP contribution in [0.2, 0.25) is 0 Å². The van der Waals surface area contributed by atoms with Gasteiger partial charge >= 0.3 is 0 Å². The molecule has 1 heterocycles. The molecule has 0 bridgehead atoms. The normalized spacial score (nSPS) is 17.6. The van der Waals surface area contributed by atoms with Gasteiger partial charge in [0.1, 0.15) is 17.1 Å². The van der Waals surface area contributed by atoms with Crippen molar-refractivity contribution in [3.63, 3.8) is 0 Å². The predicted octanol–water partition coefficient (Wildman–Crippen LogP) is 3.72. The molecule has 0 aromatic heterocycles. The lowest BCUT2D eigenvalue weighted by atomic mass is 9.71. The monoisotopic (exact) mass is 267 g/mol. The van der Waals surface area contributed by atoms with E-state index in [9.17, 15) is 0 Å². The number of hydrogen-bond donors (Lipinski definition) is 1. The first kappa shape index (κ1) is 11.6. The average Bonchev–Trinajstić information content (AvgIpc) is 2.43. The molecule has 4 rings (SSSR count). The maximum Gasteiger partial charge on any atom is 0.135 e. The summed E-state index contributed by atoms with van der Waals surface area (Å²) in [5, 5.41) is 0. The zero-order valence-electron chi connectivity index (χ0n) is 11.5. The van der Waals surface area contributed by atoms with Gasteiger partial charge in [-0.2, -0.15) is 0 Å². The van der Waals surface area contributed by atoms with Crippen LogP contribution in [0.3, 0.4) is 0 Å². The summed E-state index contributed by atoms with van der Waals surface area (Å²) in [4.78, 5) is 0. The van der Waals surface area contributed by atoms with Crippen LogP contribution in [0.4, 0.5) is 5.69 Å². The van der Waals surface area contributed by atoms with Crippen LogP contribution in [0.15, 0.2) is 36.4 Å². The number of anilines is 1. The summed E-state index contributed by atoms with van der Waals surface area (Å²) in [5.41, 5.74) is 10.1. The van der Waals surface area contributed by atoms with Gasteiger partial charge in [-0.05, 0) is 49.1 Å². The van der Waals surface area contributed by atoms with E-state index in [0.29, 0.717) is 0 Å². The van der Waals surface area contributed by atoms with Gasteiger partial charge in [-0.25, -0.2) is 0 Å². The van der Waals surface area contributed by atoms with Crippen LogP contribution in [-0.4, -0.2) is 7.11 Å². The molecule has 1 spiro atoms. The lowest BCUT2D eigenvalue weighted by molar-refractivity contribution is -0.0144. The first-order valence-electron chi connectivity index (χ1n) is 6.99. The molecular formula is C17H17NO2. The van der Waals surface area contributed by atoms with Crippen molar-refractivity contribution >= 4 is 5.69 Å². The first-order valence-corrected chi connectivity index (χ1v) is 6.99. The molecule has 102 valence electrons. The van der Waals surface area contributed by atoms with Crippen LogP contribution in [0.1, 0.15) is 24.8 Å². The molecule has 0 atom stereocenters. The molecule has 1 saturated carbocycles. The molecular weight excluding hydrogens is 250 g/mol. The number of methoxy groups -OCH3 is 1. The van der Waals surface area contributed by atoms with E-state index >= 15 is 0 Å². The highest BCUT2D eigenvalue weighted by molar-refractivity contribution is 5.79. The Morgan fingerprint density at radius 3 is 2.60 bits per heavy atom. The van der Waals surface area contributed by atoms with Gasteiger partial charge in [-0.3, -0.25) is 0 Å². The summed E-state index contributed by atoms with van der Waals surface area (Å²) in [6, 6.07) is 12.2. The Morgan fingerprint density at radius 2 is 1.90 bits per heavy atom. The van der Waals surface area contributed by atoms with Gasteiger partial charge < -0.3 is 15.2 Å². The molecule has 1 fully saturated rings. The highest BCUT2D eigenvalue weighted by Gasteiger charge is 2.46. The van der Waals surface area contributed by atoms with Crippen molar-refractivity contribution in [2.24, 2.45) is 0 Å². The smallest absolute Gasteiger partial charge is 0.135 e. The third-order valence-corrected chi connectivity index (χ3v) is 4.48. The molecule has 3 nitrogen and oxygen atoms in total. The van der Waals surface area contributed by atoms with Gasteiger partial charge in [0.05, 0.1) is 7.11 Å². The quantitative estimate of drug-likeness (QED) is 0.801. The third kappa shape index (κ3) is 1.46. The van der Waals surface area contributed by atoms with E-state index in [4.69, 9.17) is 15.2 Å². The second kappa shape index (κ2) is 3.92. The second-order valence-corrected chi connectivity index (χ2v) is 5.62. The lowest BCUT2D eigenvalue weighted by Crippen LogP contribution is -2.42. The Bertz CT molecular complexity index is 689. The summed E-state index contributed by atoms with van der Waals surface area (Å²) in [6.45, 7) is 0. The number of nitrogen functional groups attached to an aromatic ring is 1. The van der Waals surface area contributed by atoms with Crippen LogP contribution in [0.25, 0.3) is 11.1 Å². The zero-order chi connectivity index (χ0) is 13.7. The summed E-state index contributed by atoms with van der Waals surface area (Å²) in [6.07, 6.45) is 3.32. The molecule has 2 aliphatic rings. The molecule has 0 amide bonds. The van der Waals surface area contributed by atoms with Gasteiger partial charge in [0.15, 0.2) is 0 Å². The molecule has 2 aromatic rings. The topological polar surface area (TPSA) is 44.5 Å². The number of benzene rings is 2. The van der Waals surface area contributed by atoms with Gasteiger partial charge in [0.2, 0.25) is 0 Å². The minimum atomic E-state index is -0.176. The van der Waals surface area contributed by atoms with Crippen LogP contribution >= 0.6 is 0 Å². The van der Waals surface area contributed by atoms with Crippen molar-refractivity contribution in [3.8, 4) is 22.6 Å². The van der Waals surface area contributed by atoms with Crippen molar-refractivity contribution < 1.29 is 9.47 Å². The molecule has 0 unspecified atom stereocenters. The molecule has 0 saturated heterocycles. The van der Waals surface area contributed by atoms with E-state index in [1.54, 1.807) is 7.11 Å². The summed E-state index contributed by atoms with van der Waals surface area (Å²) >= 11 is 0. The number of fused-ring (bicyclic) bond motifs is 4. The van der Waals surface area contributed by atoms with Gasteiger partial charge in [-0.15, -0.1) is 0 Å². The number of ether oxygens (including phenoxy) is 2. The Hall–Kier alpha value is -2.16. The molecule has 3 heteroatoms. The standard InChI is InChI=1S/C17H17NO2/c1-19-12-4-6-13-14-5-3-11(18)9-16(14)20-17(7-2-8-17)15(13)10-12/h3-6,9-10H,2,7-8,18H2,1H3. The largest absolute Gasteiger partial charge is 0.497 e. The molecule has 1 aliphatic heterocycles. The molecule has 2 aromatic carbocycles. The first-order chi connectivity index (χ1) is 9.72. The fraction of sp³-hybridized carbons (Fsp3) is 0.294. The minimum Gasteiger partial charge on any atom is -0.497 e. The van der Waals surface area contributed by atoms with Gasteiger partial charge in [-0.1, -0.05) is 6.07 Å². The highest BCUT2D eigenvalue weighted by Crippen LogP contribution is 2.54. The maximum absolute atomic E-state index is 6.33. The van der Waals surface area contributed by atoms with Crippen LogP contribution in [0, 0.1) is 0 Å². The Morgan fingerprint density at radius 1 is 1.10 bits per heavy atom. The maximum atomic E-state index is 6.33. The van der Waals surface area contributed by atoms with Crippen molar-refractivity contribution in [3.05, 3.63) is 42.0 Å². The predicted molar refractivity (Wildman–Crippen MR) is 79.0 cm³/mol. The molecule has 1 aliphatic carbocycles. The van der Waals surface area contributed by atoms with Crippen molar-refractivity contribution in [2.45, 2.75) is 24.9 Å². The van der Waals surface area contributed by atoms with E-state index in [0.717, 1.165) is 35.6 Å². The summed E-state index contributed by atoms with van der Waals surface area (Å²) in [5.74, 6) is 1.79. The number of nitrogens with two attached hydrogens (primary N) is 1. The Labute approximate surface area is 118 Å². The van der Waals surface area contributed by atoms with Gasteiger partial charge in [0, 0.05) is 22.9 Å². The average molecular weight is 267 g/mol. The zero-order valence-corrected chi connectivity index (χ0v) is 11.5. The van der Waals surface area contributed by atoms with E-state index in [1.807, 2.05) is 24.3 Å². The molecule has 2 N–H and O–H groups in total. The third-order valence-electron chi connectivity index (χ3n) is 4.48. The van der Waals surface area contributed by atoms with Crippen molar-refractivity contribution in [2.75, 3.05) is 12.8 Å². The van der Waals surface area contributed by atoms with Crippen molar-refractivity contribution in [1.82, 2.24) is 0 Å². The van der Waals surface area contributed by atoms with E-state index in [1.165, 1.54) is 17.5 Å². The van der Waals surface area contributed by atoms with Crippen LogP contribution < -0.4 is 15.2 Å². The molecule has 0 radical (unpaired) electrons. The number of hydrogen-bond acceptors (Lipinski definition) is 3. The SMILES string of the molecule is COc1ccc2c(c1)C1(CCC1)Oc1cc(N)ccc1-2. The number of rotatable bonds is 1. The molecule has 20 heavy (non-hydrogen) atoms. The summed E-state index contributed by atoms with van der Waals surface area (Å²) in [7, 11) is 1.70. The Balaban J connectivity index is 1.97. The van der Waals surface area contributed by atoms with Crippen molar-refractivity contribution in [1.29, 1.82) is 0 Å². The van der Waals surface area contributed by atoms with Gasteiger partial charge in [0.25, 0.3) is 0 Å². The lowest BCUT2D eigenvalue weighted by Gasteiger charge is -2.46. The second-order valence-electron chi connectivity index (χ2n) is 5.62. The van der Waals surface area contributed by atoms with Crippen LogP contribution in [-0.2, 0) is 5.60 Å². The highest BCUT2D eigenvalue weighted by atomic mass is 16.5. The van der Waals surface area contributed by atoms with E-state index < -0.39 is 0 Å². The minimum absolute atomic E-state index is 0.176. The Kier molecular flexibility index (Phi) is 2.28. The van der Waals surface area contributed by atoms with Crippen LogP contribution in [0.5, 0.6) is 11.5 Å².